The molecule has 6 nitrogen and oxygen atoms in total. The minimum Gasteiger partial charge on any atom is -0.477 e. The van der Waals surface area contributed by atoms with Crippen LogP contribution in [0.15, 0.2) is 17.2 Å². The van der Waals surface area contributed by atoms with Gasteiger partial charge in [0.05, 0.1) is 4.92 Å². The topological polar surface area (TPSA) is 93.3 Å². The molecule has 1 heterocycles. The summed E-state index contributed by atoms with van der Waals surface area (Å²) >= 11 is 1.29. The Bertz CT molecular complexity index is 501. The van der Waals surface area contributed by atoms with E-state index in [0.717, 1.165) is 18.6 Å². The minimum atomic E-state index is -1.17. The van der Waals surface area contributed by atoms with Crippen molar-refractivity contribution in [3.63, 3.8) is 0 Å². The average Bonchev–Trinajstić information content (AvgIpc) is 2.88. The number of aromatic carboxylic acids is 1. The third-order valence-electron chi connectivity index (χ3n) is 3.19. The number of carboxylic acids is 1. The van der Waals surface area contributed by atoms with Crippen molar-refractivity contribution in [3.8, 4) is 0 Å². The molecular formula is C12H14N2O4S. The maximum absolute atomic E-state index is 10.9. The van der Waals surface area contributed by atoms with Gasteiger partial charge in [-0.05, 0) is 24.8 Å². The Hall–Kier alpha value is -1.63. The molecule has 0 spiro atoms. The zero-order valence-corrected chi connectivity index (χ0v) is 11.1. The molecule has 0 radical (unpaired) electrons. The summed E-state index contributed by atoms with van der Waals surface area (Å²) in [4.78, 5) is 25.1. The van der Waals surface area contributed by atoms with E-state index < -0.39 is 10.9 Å². The van der Waals surface area contributed by atoms with Gasteiger partial charge in [-0.3, -0.25) is 10.1 Å². The molecule has 1 fully saturated rings. The van der Waals surface area contributed by atoms with Gasteiger partial charge in [-0.25, -0.2) is 9.78 Å². The standard InChI is InChI=1S/C12H14N2O4S/c15-12(16)9-5-6-10(14(17)18)11(13-9)19-7-8-3-1-2-4-8/h5-6,8H,1-4,7H2,(H,15,16). The van der Waals surface area contributed by atoms with Gasteiger partial charge in [0.2, 0.25) is 0 Å². The highest BCUT2D eigenvalue weighted by molar-refractivity contribution is 7.99. The van der Waals surface area contributed by atoms with Crippen molar-refractivity contribution in [1.29, 1.82) is 0 Å². The molecule has 0 unspecified atom stereocenters. The number of carbonyl (C=O) groups is 1. The van der Waals surface area contributed by atoms with Crippen molar-refractivity contribution in [3.05, 3.63) is 27.9 Å². The Morgan fingerprint density at radius 2 is 2.16 bits per heavy atom. The van der Waals surface area contributed by atoms with Crippen molar-refractivity contribution in [2.24, 2.45) is 5.92 Å². The number of hydrogen-bond donors (Lipinski definition) is 1. The summed E-state index contributed by atoms with van der Waals surface area (Å²) in [5, 5.41) is 20.0. The highest BCUT2D eigenvalue weighted by atomic mass is 32.2. The summed E-state index contributed by atoms with van der Waals surface area (Å²) in [5.74, 6) is 0.147. The van der Waals surface area contributed by atoms with Crippen molar-refractivity contribution >= 4 is 23.4 Å². The van der Waals surface area contributed by atoms with Crippen LogP contribution in [0.3, 0.4) is 0 Å². The Labute approximate surface area is 114 Å². The van der Waals surface area contributed by atoms with E-state index in [1.807, 2.05) is 0 Å². The van der Waals surface area contributed by atoms with E-state index in [2.05, 4.69) is 4.98 Å². The van der Waals surface area contributed by atoms with E-state index in [9.17, 15) is 14.9 Å². The first-order chi connectivity index (χ1) is 9.08. The van der Waals surface area contributed by atoms with Crippen molar-refractivity contribution in [2.45, 2.75) is 30.7 Å². The fourth-order valence-corrected chi connectivity index (χ4v) is 3.35. The molecule has 1 aliphatic rings. The molecule has 2 rings (SSSR count). The Morgan fingerprint density at radius 1 is 1.47 bits per heavy atom. The number of hydrogen-bond acceptors (Lipinski definition) is 5. The van der Waals surface area contributed by atoms with Gasteiger partial charge in [0.25, 0.3) is 0 Å². The van der Waals surface area contributed by atoms with E-state index in [1.165, 1.54) is 36.7 Å². The van der Waals surface area contributed by atoms with Crippen LogP contribution < -0.4 is 0 Å². The summed E-state index contributed by atoms with van der Waals surface area (Å²) in [5.41, 5.74) is -0.271. The molecule has 0 aliphatic heterocycles. The quantitative estimate of drug-likeness (QED) is 0.507. The molecule has 0 bridgehead atoms. The van der Waals surface area contributed by atoms with Gasteiger partial charge in [-0.15, -0.1) is 0 Å². The molecule has 0 saturated heterocycles. The minimum absolute atomic E-state index is 0.118. The van der Waals surface area contributed by atoms with Crippen LogP contribution in [0.25, 0.3) is 0 Å². The average molecular weight is 282 g/mol. The van der Waals surface area contributed by atoms with Crippen LogP contribution in [0.5, 0.6) is 0 Å². The molecule has 0 amide bonds. The summed E-state index contributed by atoms with van der Waals surface area (Å²) in [6, 6.07) is 2.38. The second-order valence-electron chi connectivity index (χ2n) is 4.54. The predicted molar refractivity (Wildman–Crippen MR) is 70.5 cm³/mol. The zero-order chi connectivity index (χ0) is 13.8. The lowest BCUT2D eigenvalue weighted by Gasteiger charge is -2.08. The summed E-state index contributed by atoms with van der Waals surface area (Å²) in [7, 11) is 0. The third-order valence-corrected chi connectivity index (χ3v) is 4.40. The second-order valence-corrected chi connectivity index (χ2v) is 5.55. The van der Waals surface area contributed by atoms with Crippen LogP contribution in [0, 0.1) is 16.0 Å². The van der Waals surface area contributed by atoms with Gasteiger partial charge in [-0.1, -0.05) is 24.6 Å². The van der Waals surface area contributed by atoms with Crippen LogP contribution in [0.2, 0.25) is 0 Å². The van der Waals surface area contributed by atoms with Gasteiger partial charge in [0, 0.05) is 11.8 Å². The van der Waals surface area contributed by atoms with Crippen molar-refractivity contribution in [2.75, 3.05) is 5.75 Å². The number of nitro groups is 1. The maximum Gasteiger partial charge on any atom is 0.354 e. The van der Waals surface area contributed by atoms with Gasteiger partial charge in [0.1, 0.15) is 5.69 Å². The third kappa shape index (κ3) is 3.44. The van der Waals surface area contributed by atoms with E-state index in [4.69, 9.17) is 5.11 Å². The maximum atomic E-state index is 10.9. The Kier molecular flexibility index (Phi) is 4.36. The number of thioether (sulfide) groups is 1. The van der Waals surface area contributed by atoms with Crippen molar-refractivity contribution in [1.82, 2.24) is 4.98 Å². The lowest BCUT2D eigenvalue weighted by molar-refractivity contribution is -0.388. The number of carboxylic acid groups (broad SMARTS) is 1. The largest absolute Gasteiger partial charge is 0.477 e. The fraction of sp³-hybridized carbons (Fsp3) is 0.500. The normalized spacial score (nSPS) is 15.6. The summed E-state index contributed by atoms with van der Waals surface area (Å²) < 4.78 is 0. The first-order valence-electron chi connectivity index (χ1n) is 6.09. The zero-order valence-electron chi connectivity index (χ0n) is 10.2. The predicted octanol–water partition coefficient (Wildman–Crippen LogP) is 2.97. The molecule has 0 atom stereocenters. The van der Waals surface area contributed by atoms with Crippen molar-refractivity contribution < 1.29 is 14.8 Å². The van der Waals surface area contributed by atoms with Gasteiger partial charge >= 0.3 is 11.7 Å². The van der Waals surface area contributed by atoms with Gasteiger partial charge in [-0.2, -0.15) is 0 Å². The molecule has 102 valence electrons. The highest BCUT2D eigenvalue weighted by Gasteiger charge is 2.21. The fourth-order valence-electron chi connectivity index (χ4n) is 2.17. The SMILES string of the molecule is O=C(O)c1ccc([N+](=O)[O-])c(SCC2CCCC2)n1. The lowest BCUT2D eigenvalue weighted by Crippen LogP contribution is -2.04. The number of pyridine rings is 1. The smallest absolute Gasteiger partial charge is 0.354 e. The monoisotopic (exact) mass is 282 g/mol. The summed E-state index contributed by atoms with van der Waals surface area (Å²) in [6.45, 7) is 0. The first kappa shape index (κ1) is 13.8. The first-order valence-corrected chi connectivity index (χ1v) is 7.08. The molecule has 1 N–H and O–H groups in total. The molecule has 1 aromatic heterocycles. The Balaban J connectivity index is 2.16. The van der Waals surface area contributed by atoms with Crippen LogP contribution in [0.4, 0.5) is 5.69 Å². The van der Waals surface area contributed by atoms with Gasteiger partial charge in [0.15, 0.2) is 5.03 Å². The molecule has 1 aromatic rings. The van der Waals surface area contributed by atoms with Crippen LogP contribution in [-0.4, -0.2) is 26.7 Å². The van der Waals surface area contributed by atoms with E-state index in [-0.39, 0.29) is 16.4 Å². The Morgan fingerprint density at radius 3 is 2.74 bits per heavy atom. The highest BCUT2D eigenvalue weighted by Crippen LogP contribution is 2.33. The van der Waals surface area contributed by atoms with E-state index in [1.54, 1.807) is 0 Å². The lowest BCUT2D eigenvalue weighted by atomic mass is 10.1. The number of rotatable bonds is 5. The molecule has 1 aliphatic carbocycles. The van der Waals surface area contributed by atoms with Gasteiger partial charge < -0.3 is 5.11 Å². The number of aromatic nitrogens is 1. The molecule has 0 aromatic carbocycles. The molecular weight excluding hydrogens is 268 g/mol. The van der Waals surface area contributed by atoms with E-state index in [0.29, 0.717) is 5.92 Å². The molecule has 7 heteroatoms. The summed E-state index contributed by atoms with van der Waals surface area (Å²) in [6.07, 6.45) is 4.69. The van der Waals surface area contributed by atoms with E-state index >= 15 is 0 Å². The number of nitrogens with zero attached hydrogens (tertiary/aromatic N) is 2. The molecule has 1 saturated carbocycles. The van der Waals surface area contributed by atoms with Crippen LogP contribution in [-0.2, 0) is 0 Å². The van der Waals surface area contributed by atoms with Crippen LogP contribution in [0.1, 0.15) is 36.2 Å². The van der Waals surface area contributed by atoms with Crippen LogP contribution >= 0.6 is 11.8 Å². The molecule has 19 heavy (non-hydrogen) atoms. The second kappa shape index (κ2) is 6.01.